The summed E-state index contributed by atoms with van der Waals surface area (Å²) < 4.78 is 4.70. The van der Waals surface area contributed by atoms with Crippen molar-refractivity contribution in [3.63, 3.8) is 0 Å². The minimum atomic E-state index is 0.0276. The van der Waals surface area contributed by atoms with Gasteiger partial charge >= 0.3 is 0 Å². The molecule has 1 aliphatic rings. The number of piperidine rings is 1. The number of hydrogen-bond donors (Lipinski definition) is 1. The van der Waals surface area contributed by atoms with Crippen molar-refractivity contribution in [2.45, 2.75) is 18.9 Å². The second kappa shape index (κ2) is 5.42. The van der Waals surface area contributed by atoms with Crippen molar-refractivity contribution >= 4 is 5.91 Å². The number of rotatable bonds is 2. The highest BCUT2D eigenvalue weighted by atomic mass is 16.5. The van der Waals surface area contributed by atoms with Crippen LogP contribution in [0.1, 0.15) is 23.2 Å². The minimum absolute atomic E-state index is 0.0276. The Labute approximate surface area is 116 Å². The van der Waals surface area contributed by atoms with Crippen molar-refractivity contribution in [2.24, 2.45) is 5.73 Å². The second-order valence-corrected chi connectivity index (χ2v) is 4.99. The minimum Gasteiger partial charge on any atom is -0.342 e. The van der Waals surface area contributed by atoms with Gasteiger partial charge < -0.3 is 15.2 Å². The number of likely N-dealkylation sites (tertiary alicyclic amines) is 1. The zero-order chi connectivity index (χ0) is 13.9. The van der Waals surface area contributed by atoms with E-state index in [-0.39, 0.29) is 11.9 Å². The van der Waals surface area contributed by atoms with Crippen LogP contribution in [0.15, 0.2) is 35.2 Å². The van der Waals surface area contributed by atoms with Gasteiger partial charge in [-0.05, 0) is 25.0 Å². The molecule has 0 saturated carbocycles. The highest BCUT2D eigenvalue weighted by molar-refractivity contribution is 5.94. The Morgan fingerprint density at radius 1 is 1.35 bits per heavy atom. The molecule has 1 atom stereocenters. The van der Waals surface area contributed by atoms with E-state index in [9.17, 15) is 4.79 Å². The topological polar surface area (TPSA) is 85.2 Å². The van der Waals surface area contributed by atoms with Crippen molar-refractivity contribution < 1.29 is 9.32 Å². The first-order chi connectivity index (χ1) is 9.74. The maximum Gasteiger partial charge on any atom is 0.253 e. The van der Waals surface area contributed by atoms with Gasteiger partial charge in [-0.3, -0.25) is 4.79 Å². The van der Waals surface area contributed by atoms with Gasteiger partial charge in [0.25, 0.3) is 5.91 Å². The van der Waals surface area contributed by atoms with Gasteiger partial charge in [-0.25, -0.2) is 0 Å². The summed E-state index contributed by atoms with van der Waals surface area (Å²) >= 11 is 0. The third-order valence-corrected chi connectivity index (χ3v) is 3.50. The third-order valence-electron chi connectivity index (χ3n) is 3.50. The lowest BCUT2D eigenvalue weighted by molar-refractivity contribution is 0.0709. The van der Waals surface area contributed by atoms with Crippen LogP contribution in [0.5, 0.6) is 0 Å². The van der Waals surface area contributed by atoms with Crippen LogP contribution in [0.3, 0.4) is 0 Å². The number of hydrogen-bond acceptors (Lipinski definition) is 5. The number of nitrogens with two attached hydrogens (primary N) is 1. The number of benzene rings is 1. The second-order valence-electron chi connectivity index (χ2n) is 4.99. The van der Waals surface area contributed by atoms with Crippen molar-refractivity contribution in [3.8, 4) is 11.4 Å². The zero-order valence-electron chi connectivity index (χ0n) is 11.0. The molecule has 1 amide bonds. The van der Waals surface area contributed by atoms with E-state index in [1.807, 2.05) is 17.0 Å². The highest BCUT2D eigenvalue weighted by Gasteiger charge is 2.22. The Bertz CT molecular complexity index is 580. The van der Waals surface area contributed by atoms with E-state index in [0.717, 1.165) is 24.9 Å². The summed E-state index contributed by atoms with van der Waals surface area (Å²) in [7, 11) is 0. The van der Waals surface area contributed by atoms with E-state index in [1.54, 1.807) is 12.1 Å². The van der Waals surface area contributed by atoms with Crippen LogP contribution in [0.25, 0.3) is 11.4 Å². The molecule has 2 N–H and O–H groups in total. The predicted molar refractivity (Wildman–Crippen MR) is 72.8 cm³/mol. The summed E-state index contributed by atoms with van der Waals surface area (Å²) in [6, 6.07) is 7.30. The van der Waals surface area contributed by atoms with E-state index in [4.69, 9.17) is 10.3 Å². The highest BCUT2D eigenvalue weighted by Crippen LogP contribution is 2.17. The van der Waals surface area contributed by atoms with Crippen LogP contribution >= 0.6 is 0 Å². The van der Waals surface area contributed by atoms with Crippen LogP contribution in [-0.4, -0.2) is 40.1 Å². The lowest BCUT2D eigenvalue weighted by atomic mass is 10.0. The molecule has 2 aromatic rings. The van der Waals surface area contributed by atoms with Crippen LogP contribution in [0, 0.1) is 0 Å². The first-order valence-corrected chi connectivity index (χ1v) is 6.66. The fourth-order valence-corrected chi connectivity index (χ4v) is 2.44. The SMILES string of the molecule is N[C@@H]1CCCN(C(=O)c2ccc(-c3ncon3)cc2)C1. The van der Waals surface area contributed by atoms with Crippen LogP contribution in [-0.2, 0) is 0 Å². The monoisotopic (exact) mass is 272 g/mol. The van der Waals surface area contributed by atoms with Crippen molar-refractivity contribution in [2.75, 3.05) is 13.1 Å². The zero-order valence-corrected chi connectivity index (χ0v) is 11.0. The molecule has 1 aromatic carbocycles. The lowest BCUT2D eigenvalue weighted by Crippen LogP contribution is -2.45. The fraction of sp³-hybridized carbons (Fsp3) is 0.357. The lowest BCUT2D eigenvalue weighted by Gasteiger charge is -2.30. The molecule has 1 fully saturated rings. The first-order valence-electron chi connectivity index (χ1n) is 6.66. The van der Waals surface area contributed by atoms with Gasteiger partial charge in [-0.15, -0.1) is 0 Å². The van der Waals surface area contributed by atoms with E-state index < -0.39 is 0 Å². The van der Waals surface area contributed by atoms with Gasteiger partial charge in [0, 0.05) is 30.3 Å². The first kappa shape index (κ1) is 12.8. The molecule has 1 saturated heterocycles. The Morgan fingerprint density at radius 2 is 2.15 bits per heavy atom. The molecule has 3 rings (SSSR count). The quantitative estimate of drug-likeness (QED) is 0.890. The molecule has 20 heavy (non-hydrogen) atoms. The van der Waals surface area contributed by atoms with E-state index in [0.29, 0.717) is 17.9 Å². The van der Waals surface area contributed by atoms with Crippen LogP contribution in [0.4, 0.5) is 0 Å². The van der Waals surface area contributed by atoms with Gasteiger partial charge in [0.1, 0.15) is 0 Å². The van der Waals surface area contributed by atoms with Gasteiger partial charge in [-0.2, -0.15) is 4.98 Å². The molecule has 104 valence electrons. The molecule has 0 spiro atoms. The normalized spacial score (nSPS) is 19.1. The summed E-state index contributed by atoms with van der Waals surface area (Å²) in [5, 5.41) is 3.76. The fourth-order valence-electron chi connectivity index (χ4n) is 2.44. The molecule has 1 aromatic heterocycles. The Hall–Kier alpha value is -2.21. The van der Waals surface area contributed by atoms with Crippen molar-refractivity contribution in [3.05, 3.63) is 36.2 Å². The smallest absolute Gasteiger partial charge is 0.253 e. The molecule has 0 bridgehead atoms. The van der Waals surface area contributed by atoms with Crippen LogP contribution < -0.4 is 5.73 Å². The van der Waals surface area contributed by atoms with E-state index >= 15 is 0 Å². The molecule has 0 unspecified atom stereocenters. The number of carbonyl (C=O) groups excluding carboxylic acids is 1. The van der Waals surface area contributed by atoms with E-state index in [2.05, 4.69) is 10.1 Å². The summed E-state index contributed by atoms with van der Waals surface area (Å²) in [4.78, 5) is 18.2. The summed E-state index contributed by atoms with van der Waals surface area (Å²) in [5.41, 5.74) is 7.39. The van der Waals surface area contributed by atoms with Crippen molar-refractivity contribution in [1.29, 1.82) is 0 Å². The maximum atomic E-state index is 12.4. The third kappa shape index (κ3) is 2.55. The summed E-state index contributed by atoms with van der Waals surface area (Å²) in [6.07, 6.45) is 3.23. The maximum absolute atomic E-state index is 12.4. The molecule has 0 aliphatic carbocycles. The molecule has 6 heteroatoms. The number of nitrogens with zero attached hydrogens (tertiary/aromatic N) is 3. The number of amides is 1. The Morgan fingerprint density at radius 3 is 2.80 bits per heavy atom. The largest absolute Gasteiger partial charge is 0.342 e. The summed E-state index contributed by atoms with van der Waals surface area (Å²) in [6.45, 7) is 1.41. The summed E-state index contributed by atoms with van der Waals surface area (Å²) in [5.74, 6) is 0.545. The Kier molecular flexibility index (Phi) is 3.47. The number of aromatic nitrogens is 2. The van der Waals surface area contributed by atoms with Gasteiger partial charge in [0.2, 0.25) is 12.2 Å². The van der Waals surface area contributed by atoms with Gasteiger partial charge in [0.15, 0.2) is 0 Å². The van der Waals surface area contributed by atoms with Gasteiger partial charge in [0.05, 0.1) is 0 Å². The molecule has 6 nitrogen and oxygen atoms in total. The Balaban J connectivity index is 1.75. The number of carbonyl (C=O) groups is 1. The average Bonchev–Trinajstić information content (AvgIpc) is 3.01. The van der Waals surface area contributed by atoms with Gasteiger partial charge in [-0.1, -0.05) is 17.3 Å². The molecule has 2 heterocycles. The van der Waals surface area contributed by atoms with E-state index in [1.165, 1.54) is 6.39 Å². The molecule has 1 aliphatic heterocycles. The standard InChI is InChI=1S/C14H16N4O2/c15-12-2-1-7-18(8-12)14(19)11-5-3-10(4-6-11)13-16-9-20-17-13/h3-6,9,12H,1-2,7-8,15H2/t12-/m1/s1. The molecule has 0 radical (unpaired) electrons. The average molecular weight is 272 g/mol. The molecular formula is C14H16N4O2. The van der Waals surface area contributed by atoms with Crippen LogP contribution in [0.2, 0.25) is 0 Å². The predicted octanol–water partition coefficient (Wildman–Crippen LogP) is 1.30. The van der Waals surface area contributed by atoms with Crippen molar-refractivity contribution in [1.82, 2.24) is 15.0 Å². The molecular weight excluding hydrogens is 256 g/mol.